The summed E-state index contributed by atoms with van der Waals surface area (Å²) in [6, 6.07) is 10.7. The minimum absolute atomic E-state index is 0.103. The summed E-state index contributed by atoms with van der Waals surface area (Å²) in [6.45, 7) is 0. The van der Waals surface area contributed by atoms with Gasteiger partial charge in [0.15, 0.2) is 5.16 Å². The number of hydrogen-bond donors (Lipinski definition) is 1. The van der Waals surface area contributed by atoms with Crippen LogP contribution in [0.25, 0.3) is 16.7 Å². The topological polar surface area (TPSA) is 63.0 Å². The van der Waals surface area contributed by atoms with Crippen LogP contribution in [0, 0.1) is 0 Å². The largest absolute Gasteiger partial charge is 0.333 e. The molecule has 0 saturated heterocycles. The molecule has 0 aliphatic carbocycles. The smallest absolute Gasteiger partial charge is 0.258 e. The van der Waals surface area contributed by atoms with Crippen molar-refractivity contribution in [1.82, 2.24) is 19.4 Å². The zero-order chi connectivity index (χ0) is 16.7. The van der Waals surface area contributed by atoms with Gasteiger partial charge in [-0.25, -0.2) is 9.97 Å². The molecular formula is C16H10BrClN4OS. The predicted molar refractivity (Wildman–Crippen MR) is 99.8 cm³/mol. The molecule has 0 aliphatic rings. The summed E-state index contributed by atoms with van der Waals surface area (Å²) in [4.78, 5) is 24.4. The van der Waals surface area contributed by atoms with Gasteiger partial charge in [0, 0.05) is 27.5 Å². The molecule has 1 aromatic carbocycles. The van der Waals surface area contributed by atoms with E-state index in [0.717, 1.165) is 20.7 Å². The standard InChI is InChI=1S/C16H10BrClN4OS/c17-9-1-4-14-19-11(6-15(23)22(14)7-9)8-24-16-20-12-3-2-10(18)5-13(12)21-16/h1-7H,8H2,(H,20,21). The molecule has 0 unspecified atom stereocenters. The van der Waals surface area contributed by atoms with Gasteiger partial charge in [-0.2, -0.15) is 0 Å². The molecule has 5 nitrogen and oxygen atoms in total. The molecule has 4 rings (SSSR count). The molecule has 0 fully saturated rings. The van der Waals surface area contributed by atoms with Crippen LogP contribution in [0.5, 0.6) is 0 Å². The van der Waals surface area contributed by atoms with Crippen LogP contribution in [0.2, 0.25) is 5.02 Å². The van der Waals surface area contributed by atoms with Gasteiger partial charge in [0.05, 0.1) is 16.7 Å². The number of imidazole rings is 1. The molecular weight excluding hydrogens is 412 g/mol. The number of H-pyrrole nitrogens is 1. The Bertz CT molecular complexity index is 1120. The Labute approximate surface area is 154 Å². The van der Waals surface area contributed by atoms with Gasteiger partial charge in [0.1, 0.15) is 5.65 Å². The number of nitrogens with one attached hydrogen (secondary N) is 1. The van der Waals surface area contributed by atoms with E-state index in [2.05, 4.69) is 30.9 Å². The van der Waals surface area contributed by atoms with Gasteiger partial charge >= 0.3 is 0 Å². The van der Waals surface area contributed by atoms with Crippen LogP contribution in [0.15, 0.2) is 57.0 Å². The van der Waals surface area contributed by atoms with Crippen molar-refractivity contribution in [2.45, 2.75) is 10.9 Å². The van der Waals surface area contributed by atoms with Crippen LogP contribution in [0.1, 0.15) is 5.69 Å². The number of pyridine rings is 1. The van der Waals surface area contributed by atoms with Gasteiger partial charge in [-0.05, 0) is 46.3 Å². The first-order chi connectivity index (χ1) is 11.6. The molecule has 0 radical (unpaired) electrons. The van der Waals surface area contributed by atoms with Crippen LogP contribution < -0.4 is 5.56 Å². The number of nitrogens with zero attached hydrogens (tertiary/aromatic N) is 3. The third-order valence-electron chi connectivity index (χ3n) is 3.46. The number of thioether (sulfide) groups is 1. The molecule has 120 valence electrons. The van der Waals surface area contributed by atoms with Gasteiger partial charge in [-0.1, -0.05) is 23.4 Å². The number of aromatic amines is 1. The summed E-state index contributed by atoms with van der Waals surface area (Å²) in [5.41, 5.74) is 2.98. The lowest BCUT2D eigenvalue weighted by atomic mass is 10.3. The summed E-state index contributed by atoms with van der Waals surface area (Å²) in [5.74, 6) is 0.551. The van der Waals surface area contributed by atoms with Crippen molar-refractivity contribution >= 4 is 56.0 Å². The highest BCUT2D eigenvalue weighted by Crippen LogP contribution is 2.24. The molecule has 0 atom stereocenters. The average Bonchev–Trinajstić information content (AvgIpc) is 2.95. The van der Waals surface area contributed by atoms with Crippen LogP contribution in [-0.2, 0) is 5.75 Å². The van der Waals surface area contributed by atoms with Crippen LogP contribution in [0.4, 0.5) is 0 Å². The van der Waals surface area contributed by atoms with Crippen molar-refractivity contribution in [1.29, 1.82) is 0 Å². The first-order valence-corrected chi connectivity index (χ1v) is 9.20. The van der Waals surface area contributed by atoms with Crippen molar-refractivity contribution < 1.29 is 0 Å². The normalized spacial score (nSPS) is 11.4. The number of fused-ring (bicyclic) bond motifs is 2. The van der Waals surface area contributed by atoms with Crippen LogP contribution in [-0.4, -0.2) is 19.4 Å². The first kappa shape index (κ1) is 15.7. The Balaban J connectivity index is 1.61. The van der Waals surface area contributed by atoms with Gasteiger partial charge in [0.2, 0.25) is 0 Å². The maximum Gasteiger partial charge on any atom is 0.258 e. The Kier molecular flexibility index (Phi) is 4.07. The Morgan fingerprint density at radius 1 is 1.21 bits per heavy atom. The van der Waals surface area contributed by atoms with E-state index in [9.17, 15) is 4.79 Å². The molecule has 3 aromatic heterocycles. The fraction of sp³-hybridized carbons (Fsp3) is 0.0625. The Morgan fingerprint density at radius 2 is 2.08 bits per heavy atom. The summed E-state index contributed by atoms with van der Waals surface area (Å²) < 4.78 is 2.35. The second kappa shape index (κ2) is 6.23. The number of hydrogen-bond acceptors (Lipinski definition) is 4. The Morgan fingerprint density at radius 3 is 2.96 bits per heavy atom. The van der Waals surface area contributed by atoms with Gasteiger partial charge < -0.3 is 4.98 Å². The lowest BCUT2D eigenvalue weighted by Crippen LogP contribution is -2.15. The predicted octanol–water partition coefficient (Wildman–Crippen LogP) is 4.28. The SMILES string of the molecule is O=c1cc(CSc2nc3ccc(Cl)cc3[nH]2)nc2ccc(Br)cn12. The zero-order valence-electron chi connectivity index (χ0n) is 12.2. The molecule has 0 spiro atoms. The lowest BCUT2D eigenvalue weighted by molar-refractivity contribution is 1.00. The van der Waals surface area contributed by atoms with Crippen molar-refractivity contribution in [3.63, 3.8) is 0 Å². The fourth-order valence-electron chi connectivity index (χ4n) is 2.37. The highest BCUT2D eigenvalue weighted by Gasteiger charge is 2.07. The second-order valence-electron chi connectivity index (χ2n) is 5.15. The van der Waals surface area contributed by atoms with E-state index in [1.165, 1.54) is 16.2 Å². The van der Waals surface area contributed by atoms with Crippen molar-refractivity contribution in [3.05, 3.63) is 68.1 Å². The quantitative estimate of drug-likeness (QED) is 0.502. The summed E-state index contributed by atoms with van der Waals surface area (Å²) >= 11 is 10.8. The highest BCUT2D eigenvalue weighted by molar-refractivity contribution is 9.10. The first-order valence-electron chi connectivity index (χ1n) is 7.04. The molecule has 24 heavy (non-hydrogen) atoms. The highest BCUT2D eigenvalue weighted by atomic mass is 79.9. The molecule has 0 saturated carbocycles. The minimum atomic E-state index is -0.103. The molecule has 1 N–H and O–H groups in total. The summed E-state index contributed by atoms with van der Waals surface area (Å²) in [7, 11) is 0. The third-order valence-corrected chi connectivity index (χ3v) is 5.07. The molecule has 8 heteroatoms. The second-order valence-corrected chi connectivity index (χ2v) is 7.47. The molecule has 0 bridgehead atoms. The van der Waals surface area contributed by atoms with E-state index < -0.39 is 0 Å². The van der Waals surface area contributed by atoms with E-state index in [-0.39, 0.29) is 5.56 Å². The van der Waals surface area contributed by atoms with Crippen molar-refractivity contribution in [2.75, 3.05) is 0 Å². The van der Waals surface area contributed by atoms with E-state index >= 15 is 0 Å². The maximum absolute atomic E-state index is 12.2. The van der Waals surface area contributed by atoms with Gasteiger partial charge in [-0.3, -0.25) is 9.20 Å². The molecule has 0 aliphatic heterocycles. The van der Waals surface area contributed by atoms with E-state index in [1.54, 1.807) is 12.3 Å². The number of halogens is 2. The maximum atomic E-state index is 12.2. The number of aromatic nitrogens is 4. The summed E-state index contributed by atoms with van der Waals surface area (Å²) in [6.07, 6.45) is 1.71. The van der Waals surface area contributed by atoms with E-state index in [0.29, 0.717) is 22.1 Å². The molecule has 4 aromatic rings. The molecule has 3 heterocycles. The average molecular weight is 422 g/mol. The molecule has 0 amide bonds. The van der Waals surface area contributed by atoms with Crippen LogP contribution in [0.3, 0.4) is 0 Å². The zero-order valence-corrected chi connectivity index (χ0v) is 15.3. The van der Waals surface area contributed by atoms with E-state index in [4.69, 9.17) is 11.6 Å². The van der Waals surface area contributed by atoms with Crippen molar-refractivity contribution in [3.8, 4) is 0 Å². The number of rotatable bonds is 3. The third kappa shape index (κ3) is 3.07. The lowest BCUT2D eigenvalue weighted by Gasteiger charge is -2.03. The minimum Gasteiger partial charge on any atom is -0.333 e. The van der Waals surface area contributed by atoms with Crippen LogP contribution >= 0.6 is 39.3 Å². The monoisotopic (exact) mass is 420 g/mol. The van der Waals surface area contributed by atoms with Crippen molar-refractivity contribution in [2.24, 2.45) is 0 Å². The fourth-order valence-corrected chi connectivity index (χ4v) is 3.66. The Hall–Kier alpha value is -1.83. The van der Waals surface area contributed by atoms with Gasteiger partial charge in [0.25, 0.3) is 5.56 Å². The number of benzene rings is 1. The van der Waals surface area contributed by atoms with Gasteiger partial charge in [-0.15, -0.1) is 0 Å². The van der Waals surface area contributed by atoms with E-state index in [1.807, 2.05) is 30.3 Å². The summed E-state index contributed by atoms with van der Waals surface area (Å²) in [5, 5.41) is 1.43.